The number of aliphatic imine (C=N–C) groups is 1. The molecule has 0 saturated carbocycles. The molecule has 0 radical (unpaired) electrons. The predicted octanol–water partition coefficient (Wildman–Crippen LogP) is 2.51. The van der Waals surface area contributed by atoms with Crippen LogP contribution < -0.4 is 10.6 Å². The van der Waals surface area contributed by atoms with Crippen molar-refractivity contribution < 1.29 is 0 Å². The van der Waals surface area contributed by atoms with Crippen LogP contribution in [0.1, 0.15) is 17.5 Å². The molecule has 2 aromatic carbocycles. The molecule has 20 heavy (non-hydrogen) atoms. The van der Waals surface area contributed by atoms with Crippen molar-refractivity contribution in [2.24, 2.45) is 10.7 Å². The number of nitrogens with zero attached hydrogens (tertiary/aromatic N) is 2. The van der Waals surface area contributed by atoms with Crippen LogP contribution in [0.4, 0.5) is 5.69 Å². The fourth-order valence-corrected chi connectivity index (χ4v) is 3.33. The summed E-state index contributed by atoms with van der Waals surface area (Å²) < 4.78 is 0. The summed E-state index contributed by atoms with van der Waals surface area (Å²) in [6, 6.07) is 18.7. The summed E-state index contributed by atoms with van der Waals surface area (Å²) in [7, 11) is 0. The van der Waals surface area contributed by atoms with Crippen molar-refractivity contribution in [3.63, 3.8) is 0 Å². The van der Waals surface area contributed by atoms with Gasteiger partial charge in [-0.1, -0.05) is 48.5 Å². The third kappa shape index (κ3) is 1.41. The van der Waals surface area contributed by atoms with Gasteiger partial charge in [-0.05, 0) is 18.1 Å². The number of hydrogen-bond donors (Lipinski definition) is 1. The zero-order chi connectivity index (χ0) is 13.6. The molecule has 0 fully saturated rings. The van der Waals surface area contributed by atoms with Crippen molar-refractivity contribution in [2.45, 2.75) is 12.0 Å². The topological polar surface area (TPSA) is 41.6 Å². The molecule has 2 aliphatic rings. The highest BCUT2D eigenvalue weighted by atomic mass is 15.3. The first-order valence-corrected chi connectivity index (χ1v) is 7.08. The van der Waals surface area contributed by atoms with Gasteiger partial charge >= 0.3 is 0 Å². The summed E-state index contributed by atoms with van der Waals surface area (Å²) in [6.07, 6.45) is 1.09. The molecule has 0 saturated heterocycles. The lowest BCUT2D eigenvalue weighted by Crippen LogP contribution is -2.50. The molecule has 4 rings (SSSR count). The average molecular weight is 263 g/mol. The van der Waals surface area contributed by atoms with Gasteiger partial charge < -0.3 is 10.6 Å². The molecule has 0 aliphatic carbocycles. The number of benzene rings is 2. The molecule has 0 spiro atoms. The number of rotatable bonds is 1. The molecule has 100 valence electrons. The Bertz CT molecular complexity index is 678. The fraction of sp³-hybridized carbons (Fsp3) is 0.235. The van der Waals surface area contributed by atoms with Crippen LogP contribution in [0, 0.1) is 0 Å². The summed E-state index contributed by atoms with van der Waals surface area (Å²) in [4.78, 5) is 7.04. The molecule has 3 nitrogen and oxygen atoms in total. The van der Waals surface area contributed by atoms with Gasteiger partial charge in [0.2, 0.25) is 0 Å². The summed E-state index contributed by atoms with van der Waals surface area (Å²) in [5, 5.41) is 0. The molecule has 1 unspecified atom stereocenters. The first-order valence-electron chi connectivity index (χ1n) is 7.08. The van der Waals surface area contributed by atoms with E-state index >= 15 is 0 Å². The smallest absolute Gasteiger partial charge is 0.133 e. The van der Waals surface area contributed by atoms with Crippen LogP contribution in [-0.2, 0) is 5.54 Å². The van der Waals surface area contributed by atoms with E-state index in [9.17, 15) is 0 Å². The van der Waals surface area contributed by atoms with Gasteiger partial charge in [0.1, 0.15) is 11.4 Å². The number of nitrogens with two attached hydrogens (primary N) is 1. The van der Waals surface area contributed by atoms with Crippen molar-refractivity contribution >= 4 is 11.5 Å². The second-order valence-corrected chi connectivity index (χ2v) is 5.40. The molecule has 2 N–H and O–H groups in total. The van der Waals surface area contributed by atoms with Crippen molar-refractivity contribution in [1.29, 1.82) is 0 Å². The Morgan fingerprint density at radius 2 is 1.75 bits per heavy atom. The highest BCUT2D eigenvalue weighted by Crippen LogP contribution is 2.44. The van der Waals surface area contributed by atoms with E-state index < -0.39 is 5.54 Å². The number of fused-ring (bicyclic) bond motifs is 3. The first kappa shape index (κ1) is 11.7. The van der Waals surface area contributed by atoms with Gasteiger partial charge in [-0.15, -0.1) is 0 Å². The van der Waals surface area contributed by atoms with E-state index in [-0.39, 0.29) is 0 Å². The van der Waals surface area contributed by atoms with Crippen molar-refractivity contribution in [1.82, 2.24) is 0 Å². The molecule has 3 heteroatoms. The van der Waals surface area contributed by atoms with E-state index in [1.807, 2.05) is 18.2 Å². The lowest BCUT2D eigenvalue weighted by Gasteiger charge is -2.31. The number of amidine groups is 1. The molecular formula is C17H17N3. The minimum absolute atomic E-state index is 0.613. The van der Waals surface area contributed by atoms with Crippen LogP contribution in [0.2, 0.25) is 0 Å². The quantitative estimate of drug-likeness (QED) is 0.859. The molecule has 2 aromatic rings. The standard InChI is InChI=1S/C17H17N3/c18-17(13-7-2-1-3-8-13)14-9-4-5-10-15(14)20-12-6-11-19-16(17)20/h1-5,7-10H,6,11-12,18H2. The number of para-hydroxylation sites is 1. The Balaban J connectivity index is 2.00. The Hall–Kier alpha value is -2.13. The van der Waals surface area contributed by atoms with Crippen LogP contribution in [0.3, 0.4) is 0 Å². The monoisotopic (exact) mass is 263 g/mol. The normalized spacial score (nSPS) is 24.1. The van der Waals surface area contributed by atoms with Gasteiger partial charge in [0.15, 0.2) is 0 Å². The van der Waals surface area contributed by atoms with E-state index in [1.54, 1.807) is 0 Å². The van der Waals surface area contributed by atoms with Crippen LogP contribution in [0.25, 0.3) is 0 Å². The highest BCUT2D eigenvalue weighted by Gasteiger charge is 2.47. The van der Waals surface area contributed by atoms with Gasteiger partial charge in [-0.2, -0.15) is 0 Å². The van der Waals surface area contributed by atoms with Gasteiger partial charge in [-0.25, -0.2) is 0 Å². The van der Waals surface area contributed by atoms with E-state index in [0.717, 1.165) is 36.5 Å². The SMILES string of the molecule is NC1(c2ccccc2)C2=NCCCN2c2ccccc21. The summed E-state index contributed by atoms with van der Waals surface area (Å²) in [6.45, 7) is 1.87. The minimum atomic E-state index is -0.613. The van der Waals surface area contributed by atoms with Gasteiger partial charge in [-0.3, -0.25) is 4.99 Å². The van der Waals surface area contributed by atoms with Gasteiger partial charge in [0.05, 0.1) is 0 Å². The summed E-state index contributed by atoms with van der Waals surface area (Å²) in [5.74, 6) is 0.996. The third-order valence-electron chi connectivity index (χ3n) is 4.26. The molecule has 2 heterocycles. The molecule has 1 atom stereocenters. The maximum absolute atomic E-state index is 6.87. The zero-order valence-electron chi connectivity index (χ0n) is 11.3. The summed E-state index contributed by atoms with van der Waals surface area (Å²) >= 11 is 0. The number of hydrogen-bond acceptors (Lipinski definition) is 3. The predicted molar refractivity (Wildman–Crippen MR) is 82.1 cm³/mol. The molecular weight excluding hydrogens is 246 g/mol. The number of anilines is 1. The van der Waals surface area contributed by atoms with Crippen LogP contribution >= 0.6 is 0 Å². The Morgan fingerprint density at radius 1 is 1.00 bits per heavy atom. The fourth-order valence-electron chi connectivity index (χ4n) is 3.33. The highest BCUT2D eigenvalue weighted by molar-refractivity contribution is 6.13. The third-order valence-corrected chi connectivity index (χ3v) is 4.26. The van der Waals surface area contributed by atoms with E-state index in [2.05, 4.69) is 41.3 Å². The first-order chi connectivity index (χ1) is 9.82. The molecule has 2 aliphatic heterocycles. The van der Waals surface area contributed by atoms with E-state index in [4.69, 9.17) is 10.7 Å². The molecule has 0 aromatic heterocycles. The average Bonchev–Trinajstić information content (AvgIpc) is 2.80. The zero-order valence-corrected chi connectivity index (χ0v) is 11.3. The Morgan fingerprint density at radius 3 is 2.60 bits per heavy atom. The van der Waals surface area contributed by atoms with Crippen LogP contribution in [0.15, 0.2) is 59.6 Å². The van der Waals surface area contributed by atoms with Gasteiger partial charge in [0, 0.05) is 24.3 Å². The maximum Gasteiger partial charge on any atom is 0.133 e. The van der Waals surface area contributed by atoms with Crippen LogP contribution in [-0.4, -0.2) is 18.9 Å². The Kier molecular flexibility index (Phi) is 2.44. The second-order valence-electron chi connectivity index (χ2n) is 5.40. The Labute approximate surface area is 118 Å². The lowest BCUT2D eigenvalue weighted by molar-refractivity contribution is 0.705. The van der Waals surface area contributed by atoms with Crippen LogP contribution in [0.5, 0.6) is 0 Å². The lowest BCUT2D eigenvalue weighted by atomic mass is 9.84. The molecule has 0 bridgehead atoms. The van der Waals surface area contributed by atoms with E-state index in [1.165, 1.54) is 5.69 Å². The molecule has 0 amide bonds. The van der Waals surface area contributed by atoms with E-state index in [0.29, 0.717) is 0 Å². The van der Waals surface area contributed by atoms with Gasteiger partial charge in [0.25, 0.3) is 0 Å². The summed E-state index contributed by atoms with van der Waals surface area (Å²) in [5.41, 5.74) is 9.73. The van der Waals surface area contributed by atoms with Crippen molar-refractivity contribution in [2.75, 3.05) is 18.0 Å². The van der Waals surface area contributed by atoms with Crippen molar-refractivity contribution in [3.05, 3.63) is 65.7 Å². The minimum Gasteiger partial charge on any atom is -0.328 e. The maximum atomic E-state index is 6.87. The second kappa shape index (κ2) is 4.18. The largest absolute Gasteiger partial charge is 0.328 e. The van der Waals surface area contributed by atoms with Crippen molar-refractivity contribution in [3.8, 4) is 0 Å².